The largest absolute Gasteiger partial charge is 0.478 e. The second-order valence-electron chi connectivity index (χ2n) is 7.47. The lowest BCUT2D eigenvalue weighted by Gasteiger charge is -2.13. The maximum atomic E-state index is 11.0. The zero-order valence-electron chi connectivity index (χ0n) is 18.6. The summed E-state index contributed by atoms with van der Waals surface area (Å²) in [6.45, 7) is 0.572. The first kappa shape index (κ1) is 22.5. The summed E-state index contributed by atoms with van der Waals surface area (Å²) in [6.07, 6.45) is 1.51. The van der Waals surface area contributed by atoms with Gasteiger partial charge in [0.25, 0.3) is 0 Å². The molecule has 2 aromatic heterocycles. The third-order valence-electron chi connectivity index (χ3n) is 4.72. The van der Waals surface area contributed by atoms with Gasteiger partial charge in [-0.15, -0.1) is 0 Å². The molecule has 172 valence electrons. The Kier molecular flexibility index (Phi) is 6.78. The summed E-state index contributed by atoms with van der Waals surface area (Å²) in [5, 5.41) is 16.4. The van der Waals surface area contributed by atoms with Crippen molar-refractivity contribution in [3.05, 3.63) is 83.6 Å². The van der Waals surface area contributed by atoms with Gasteiger partial charge in [-0.2, -0.15) is 20.1 Å². The van der Waals surface area contributed by atoms with Gasteiger partial charge in [-0.1, -0.05) is 42.5 Å². The lowest BCUT2D eigenvalue weighted by atomic mass is 10.1. The maximum Gasteiger partial charge on any atom is 0.335 e. The number of hydrazone groups is 1. The number of aromatic nitrogens is 3. The molecule has 0 bridgehead atoms. The van der Waals surface area contributed by atoms with Crippen LogP contribution >= 0.6 is 0 Å². The van der Waals surface area contributed by atoms with Gasteiger partial charge in [-0.05, 0) is 29.8 Å². The highest BCUT2D eigenvalue weighted by Gasteiger charge is 2.09. The first-order valence-electron chi connectivity index (χ1n) is 10.4. The van der Waals surface area contributed by atoms with Crippen molar-refractivity contribution >= 4 is 30.0 Å². The number of aromatic carboxylic acids is 1. The second-order valence-corrected chi connectivity index (χ2v) is 7.47. The van der Waals surface area contributed by atoms with Crippen molar-refractivity contribution in [2.24, 2.45) is 5.10 Å². The lowest BCUT2D eigenvalue weighted by Crippen LogP contribution is -2.16. The monoisotopic (exact) mass is 457 g/mol. The Bertz CT molecular complexity index is 1290. The SMILES string of the molecule is CN(C)c1nc(NCc2ccccc2)nc(N/N=C\c2ccc(-c3ccc(C(=O)O)cc3)o2)n1. The fraction of sp³-hybridized carbons (Fsp3) is 0.125. The number of nitrogens with one attached hydrogen (secondary N) is 2. The molecule has 0 fully saturated rings. The Hall–Kier alpha value is -4.73. The van der Waals surface area contributed by atoms with Crippen LogP contribution in [0.5, 0.6) is 0 Å². The number of carboxylic acid groups (broad SMARTS) is 1. The number of nitrogens with zero attached hydrogens (tertiary/aromatic N) is 5. The van der Waals surface area contributed by atoms with Gasteiger partial charge in [0.15, 0.2) is 0 Å². The van der Waals surface area contributed by atoms with Crippen LogP contribution in [-0.4, -0.2) is 46.3 Å². The summed E-state index contributed by atoms with van der Waals surface area (Å²) in [4.78, 5) is 25.9. The fourth-order valence-corrected chi connectivity index (χ4v) is 2.98. The average Bonchev–Trinajstić information content (AvgIpc) is 3.32. The molecule has 0 aliphatic carbocycles. The summed E-state index contributed by atoms with van der Waals surface area (Å²) < 4.78 is 5.77. The van der Waals surface area contributed by atoms with E-state index < -0.39 is 5.97 Å². The molecular weight excluding hydrogens is 434 g/mol. The predicted molar refractivity (Wildman–Crippen MR) is 130 cm³/mol. The average molecular weight is 457 g/mol. The van der Waals surface area contributed by atoms with Crippen molar-refractivity contribution in [1.29, 1.82) is 0 Å². The molecule has 0 saturated heterocycles. The molecule has 4 aromatic rings. The molecular formula is C24H23N7O3. The van der Waals surface area contributed by atoms with Crippen molar-refractivity contribution in [3.63, 3.8) is 0 Å². The molecule has 0 saturated carbocycles. The van der Waals surface area contributed by atoms with Crippen LogP contribution in [-0.2, 0) is 6.54 Å². The van der Waals surface area contributed by atoms with Gasteiger partial charge in [-0.3, -0.25) is 0 Å². The van der Waals surface area contributed by atoms with E-state index in [4.69, 9.17) is 9.52 Å². The number of carbonyl (C=O) groups is 1. The molecule has 10 heteroatoms. The van der Waals surface area contributed by atoms with Crippen LogP contribution < -0.4 is 15.6 Å². The van der Waals surface area contributed by atoms with Crippen LogP contribution in [0.25, 0.3) is 11.3 Å². The topological polar surface area (TPSA) is 129 Å². The van der Waals surface area contributed by atoms with E-state index in [1.807, 2.05) is 44.4 Å². The van der Waals surface area contributed by atoms with Gasteiger partial charge in [-0.25, -0.2) is 10.2 Å². The third-order valence-corrected chi connectivity index (χ3v) is 4.72. The molecule has 10 nitrogen and oxygen atoms in total. The highest BCUT2D eigenvalue weighted by atomic mass is 16.4. The first-order valence-corrected chi connectivity index (χ1v) is 10.4. The van der Waals surface area contributed by atoms with Gasteiger partial charge in [0.2, 0.25) is 17.8 Å². The number of benzene rings is 2. The normalized spacial score (nSPS) is 10.9. The molecule has 0 radical (unpaired) electrons. The number of carboxylic acids is 1. The highest BCUT2D eigenvalue weighted by Crippen LogP contribution is 2.22. The highest BCUT2D eigenvalue weighted by molar-refractivity contribution is 5.88. The smallest absolute Gasteiger partial charge is 0.335 e. The maximum absolute atomic E-state index is 11.0. The van der Waals surface area contributed by atoms with Crippen LogP contribution in [0.15, 0.2) is 76.2 Å². The van der Waals surface area contributed by atoms with Crippen LogP contribution in [0.4, 0.5) is 17.8 Å². The predicted octanol–water partition coefficient (Wildman–Crippen LogP) is 3.95. The van der Waals surface area contributed by atoms with Gasteiger partial charge < -0.3 is 19.7 Å². The molecule has 34 heavy (non-hydrogen) atoms. The van der Waals surface area contributed by atoms with Crippen molar-refractivity contribution < 1.29 is 14.3 Å². The van der Waals surface area contributed by atoms with Crippen LogP contribution in [0.1, 0.15) is 21.7 Å². The van der Waals surface area contributed by atoms with E-state index in [2.05, 4.69) is 30.8 Å². The standard InChI is InChI=1S/C24H23N7O3/c1-31(2)24-28-22(25-14-16-6-4-3-5-7-16)27-23(29-24)30-26-15-19-12-13-20(34-19)17-8-10-18(11-9-17)21(32)33/h3-13,15H,14H2,1-2H3,(H,32,33)(H2,25,27,28,29,30)/b26-15-. The van der Waals surface area contributed by atoms with E-state index in [-0.39, 0.29) is 11.5 Å². The Morgan fingerprint density at radius 1 is 1.00 bits per heavy atom. The van der Waals surface area contributed by atoms with Gasteiger partial charge >= 0.3 is 5.97 Å². The quantitative estimate of drug-likeness (QED) is 0.253. The summed E-state index contributed by atoms with van der Waals surface area (Å²) in [5.74, 6) is 1.31. The van der Waals surface area contributed by atoms with Gasteiger partial charge in [0.05, 0.1) is 11.8 Å². The third kappa shape index (κ3) is 5.74. The van der Waals surface area contributed by atoms with Crippen LogP contribution in [0.3, 0.4) is 0 Å². The van der Waals surface area contributed by atoms with Crippen molar-refractivity contribution in [1.82, 2.24) is 15.0 Å². The number of hydrogen-bond donors (Lipinski definition) is 3. The zero-order chi connectivity index (χ0) is 23.9. The summed E-state index contributed by atoms with van der Waals surface area (Å²) in [6, 6.07) is 19.9. The van der Waals surface area contributed by atoms with E-state index in [0.29, 0.717) is 30.0 Å². The van der Waals surface area contributed by atoms with Crippen LogP contribution in [0.2, 0.25) is 0 Å². The zero-order valence-corrected chi connectivity index (χ0v) is 18.6. The lowest BCUT2D eigenvalue weighted by molar-refractivity contribution is 0.0697. The second kappa shape index (κ2) is 10.3. The molecule has 2 heterocycles. The van der Waals surface area contributed by atoms with Crippen LogP contribution in [0, 0.1) is 0 Å². The molecule has 0 aliphatic heterocycles. The number of rotatable bonds is 9. The minimum absolute atomic E-state index is 0.216. The van der Waals surface area contributed by atoms with Crippen molar-refractivity contribution in [2.45, 2.75) is 6.54 Å². The molecule has 0 spiro atoms. The molecule has 0 unspecified atom stereocenters. The molecule has 0 aliphatic rings. The van der Waals surface area contributed by atoms with Crippen molar-refractivity contribution in [2.75, 3.05) is 29.7 Å². The molecule has 0 atom stereocenters. The summed E-state index contributed by atoms with van der Waals surface area (Å²) in [7, 11) is 3.69. The van der Waals surface area contributed by atoms with Gasteiger partial charge in [0, 0.05) is 26.2 Å². The number of anilines is 3. The minimum atomic E-state index is -0.973. The molecule has 4 rings (SSSR count). The molecule has 0 amide bonds. The molecule has 2 aromatic carbocycles. The first-order chi connectivity index (χ1) is 16.5. The minimum Gasteiger partial charge on any atom is -0.478 e. The summed E-state index contributed by atoms with van der Waals surface area (Å²) in [5.41, 5.74) is 4.90. The van der Waals surface area contributed by atoms with E-state index in [1.54, 1.807) is 29.2 Å². The molecule has 3 N–H and O–H groups in total. The Morgan fingerprint density at radius 3 is 2.44 bits per heavy atom. The Balaban J connectivity index is 1.43. The number of furan rings is 1. The van der Waals surface area contributed by atoms with E-state index in [1.165, 1.54) is 18.3 Å². The summed E-state index contributed by atoms with van der Waals surface area (Å²) >= 11 is 0. The Morgan fingerprint density at radius 2 is 1.74 bits per heavy atom. The van der Waals surface area contributed by atoms with E-state index in [9.17, 15) is 4.79 Å². The van der Waals surface area contributed by atoms with Crippen molar-refractivity contribution in [3.8, 4) is 11.3 Å². The van der Waals surface area contributed by atoms with E-state index in [0.717, 1.165) is 11.1 Å². The van der Waals surface area contributed by atoms with Gasteiger partial charge in [0.1, 0.15) is 11.5 Å². The van der Waals surface area contributed by atoms with E-state index >= 15 is 0 Å². The number of hydrogen-bond acceptors (Lipinski definition) is 9. The Labute approximate surface area is 196 Å². The fourth-order valence-electron chi connectivity index (χ4n) is 2.98.